The first-order chi connectivity index (χ1) is 9.07. The largest absolute Gasteiger partial charge is 0.419 e. The fourth-order valence-electron chi connectivity index (χ4n) is 2.15. The number of benzene rings is 1. The molecule has 0 aliphatic rings. The van der Waals surface area contributed by atoms with Crippen molar-refractivity contribution in [2.75, 3.05) is 6.54 Å². The maximum atomic E-state index is 13.7. The van der Waals surface area contributed by atoms with Gasteiger partial charge in [-0.1, -0.05) is 33.8 Å². The Morgan fingerprint density at radius 3 is 2.15 bits per heavy atom. The maximum Gasteiger partial charge on any atom is 0.419 e. The van der Waals surface area contributed by atoms with E-state index in [0.717, 1.165) is 25.1 Å². The van der Waals surface area contributed by atoms with Gasteiger partial charge in [-0.25, -0.2) is 4.39 Å². The fourth-order valence-corrected chi connectivity index (χ4v) is 2.15. The minimum atomic E-state index is -4.66. The van der Waals surface area contributed by atoms with Crippen LogP contribution in [0.25, 0.3) is 0 Å². The molecule has 0 saturated carbocycles. The molecule has 114 valence electrons. The predicted octanol–water partition coefficient (Wildman–Crippen LogP) is 4.93. The Hall–Kier alpha value is -1.10. The molecule has 0 radical (unpaired) electrons. The van der Waals surface area contributed by atoms with Crippen LogP contribution < -0.4 is 5.32 Å². The minimum absolute atomic E-state index is 0.195. The summed E-state index contributed by atoms with van der Waals surface area (Å²) in [5, 5.41) is 3.26. The monoisotopic (exact) mass is 291 g/mol. The Morgan fingerprint density at radius 2 is 1.75 bits per heavy atom. The van der Waals surface area contributed by atoms with E-state index >= 15 is 0 Å². The summed E-state index contributed by atoms with van der Waals surface area (Å²) < 4.78 is 51.4. The van der Waals surface area contributed by atoms with Gasteiger partial charge in [0.05, 0.1) is 5.56 Å². The zero-order valence-electron chi connectivity index (χ0n) is 12.2. The highest BCUT2D eigenvalue weighted by Gasteiger charge is 2.35. The van der Waals surface area contributed by atoms with Crippen LogP contribution in [0.15, 0.2) is 18.2 Å². The second kappa shape index (κ2) is 6.12. The fraction of sp³-hybridized carbons (Fsp3) is 0.600. The van der Waals surface area contributed by atoms with E-state index in [9.17, 15) is 17.6 Å². The third-order valence-electron chi connectivity index (χ3n) is 3.10. The number of hydrogen-bond donors (Lipinski definition) is 1. The number of alkyl halides is 3. The van der Waals surface area contributed by atoms with Crippen molar-refractivity contribution >= 4 is 0 Å². The van der Waals surface area contributed by atoms with E-state index < -0.39 is 17.6 Å². The highest BCUT2D eigenvalue weighted by molar-refractivity contribution is 5.29. The molecular formula is C15H21F4N. The van der Waals surface area contributed by atoms with E-state index in [1.165, 1.54) is 6.07 Å². The Kier molecular flexibility index (Phi) is 5.19. The first-order valence-electron chi connectivity index (χ1n) is 6.67. The van der Waals surface area contributed by atoms with Gasteiger partial charge in [0.1, 0.15) is 5.82 Å². The van der Waals surface area contributed by atoms with Gasteiger partial charge in [-0.15, -0.1) is 0 Å². The molecule has 1 unspecified atom stereocenters. The molecule has 20 heavy (non-hydrogen) atoms. The minimum Gasteiger partial charge on any atom is -0.309 e. The van der Waals surface area contributed by atoms with Crippen LogP contribution in [0.1, 0.15) is 51.3 Å². The lowest BCUT2D eigenvalue weighted by molar-refractivity contribution is -0.140. The summed E-state index contributed by atoms with van der Waals surface area (Å²) in [7, 11) is 0. The number of nitrogens with one attached hydrogen (secondary N) is 1. The van der Waals surface area contributed by atoms with E-state index in [2.05, 4.69) is 5.32 Å². The Labute approximate surface area is 117 Å². The molecule has 0 aromatic heterocycles. The molecule has 0 spiro atoms. The van der Waals surface area contributed by atoms with E-state index in [1.807, 2.05) is 27.7 Å². The van der Waals surface area contributed by atoms with Crippen molar-refractivity contribution < 1.29 is 17.6 Å². The summed E-state index contributed by atoms with van der Waals surface area (Å²) in [4.78, 5) is 0. The molecular weight excluding hydrogens is 270 g/mol. The van der Waals surface area contributed by atoms with Gasteiger partial charge in [-0.05, 0) is 36.1 Å². The highest BCUT2D eigenvalue weighted by atomic mass is 19.4. The van der Waals surface area contributed by atoms with Gasteiger partial charge in [-0.3, -0.25) is 0 Å². The van der Waals surface area contributed by atoms with Crippen LogP contribution >= 0.6 is 0 Å². The second-order valence-corrected chi connectivity index (χ2v) is 5.99. The zero-order chi connectivity index (χ0) is 15.6. The molecule has 1 aromatic carbocycles. The number of hydrogen-bond acceptors (Lipinski definition) is 1. The van der Waals surface area contributed by atoms with Crippen molar-refractivity contribution in [2.45, 2.75) is 46.3 Å². The van der Waals surface area contributed by atoms with Crippen molar-refractivity contribution in [3.8, 4) is 0 Å². The van der Waals surface area contributed by atoms with Crippen LogP contribution in [0, 0.1) is 11.2 Å². The van der Waals surface area contributed by atoms with Crippen molar-refractivity contribution in [2.24, 2.45) is 5.41 Å². The molecule has 1 N–H and O–H groups in total. The number of rotatable bonds is 4. The van der Waals surface area contributed by atoms with Gasteiger partial charge >= 0.3 is 6.18 Å². The number of halogens is 4. The topological polar surface area (TPSA) is 12.0 Å². The van der Waals surface area contributed by atoms with Gasteiger partial charge < -0.3 is 5.32 Å². The standard InChI is InChI=1S/C15H21F4N/c1-5-8-20-13(14(2,3)4)10-6-7-11(12(16)9-10)15(17,18)19/h6-7,9,13,20H,5,8H2,1-4H3. The third kappa shape index (κ3) is 4.20. The van der Waals surface area contributed by atoms with Crippen LogP contribution in [0.3, 0.4) is 0 Å². The predicted molar refractivity (Wildman–Crippen MR) is 71.9 cm³/mol. The Bertz CT molecular complexity index is 446. The van der Waals surface area contributed by atoms with Crippen LogP contribution in [0.4, 0.5) is 17.6 Å². The quantitative estimate of drug-likeness (QED) is 0.775. The van der Waals surface area contributed by atoms with Crippen LogP contribution in [0.2, 0.25) is 0 Å². The molecule has 0 amide bonds. The molecule has 0 aliphatic carbocycles. The molecule has 0 saturated heterocycles. The summed E-state index contributed by atoms with van der Waals surface area (Å²) in [6.45, 7) is 8.63. The molecule has 1 atom stereocenters. The van der Waals surface area contributed by atoms with Crippen molar-refractivity contribution in [3.63, 3.8) is 0 Å². The molecule has 5 heteroatoms. The maximum absolute atomic E-state index is 13.7. The van der Waals surface area contributed by atoms with Gasteiger partial charge in [0.2, 0.25) is 0 Å². The molecule has 0 fully saturated rings. The van der Waals surface area contributed by atoms with Crippen molar-refractivity contribution in [1.82, 2.24) is 5.32 Å². The van der Waals surface area contributed by atoms with E-state index in [0.29, 0.717) is 5.56 Å². The van der Waals surface area contributed by atoms with E-state index in [4.69, 9.17) is 0 Å². The van der Waals surface area contributed by atoms with E-state index in [-0.39, 0.29) is 11.5 Å². The van der Waals surface area contributed by atoms with Crippen LogP contribution in [-0.2, 0) is 6.18 Å². The molecule has 0 heterocycles. The smallest absolute Gasteiger partial charge is 0.309 e. The van der Waals surface area contributed by atoms with Crippen molar-refractivity contribution in [1.29, 1.82) is 0 Å². The summed E-state index contributed by atoms with van der Waals surface area (Å²) in [5.74, 6) is -1.22. The van der Waals surface area contributed by atoms with E-state index in [1.54, 1.807) is 0 Å². The summed E-state index contributed by atoms with van der Waals surface area (Å²) in [5.41, 5.74) is -0.901. The second-order valence-electron chi connectivity index (χ2n) is 5.99. The first-order valence-corrected chi connectivity index (χ1v) is 6.67. The summed E-state index contributed by atoms with van der Waals surface area (Å²) >= 11 is 0. The normalized spacial score (nSPS) is 14.4. The molecule has 1 aromatic rings. The third-order valence-corrected chi connectivity index (χ3v) is 3.10. The summed E-state index contributed by atoms with van der Waals surface area (Å²) in [6.07, 6.45) is -3.76. The molecule has 0 aliphatic heterocycles. The van der Waals surface area contributed by atoms with Gasteiger partial charge in [0.15, 0.2) is 0 Å². The lowest BCUT2D eigenvalue weighted by Gasteiger charge is -2.32. The van der Waals surface area contributed by atoms with Crippen LogP contribution in [-0.4, -0.2) is 6.54 Å². The zero-order valence-corrected chi connectivity index (χ0v) is 12.2. The molecule has 1 rings (SSSR count). The van der Waals surface area contributed by atoms with Gasteiger partial charge in [0.25, 0.3) is 0 Å². The first kappa shape index (κ1) is 17.0. The Balaban J connectivity index is 3.13. The van der Waals surface area contributed by atoms with Gasteiger partial charge in [0, 0.05) is 6.04 Å². The summed E-state index contributed by atoms with van der Waals surface area (Å²) in [6, 6.07) is 2.96. The van der Waals surface area contributed by atoms with Crippen molar-refractivity contribution in [3.05, 3.63) is 35.1 Å². The Morgan fingerprint density at radius 1 is 1.15 bits per heavy atom. The lowest BCUT2D eigenvalue weighted by atomic mass is 9.82. The SMILES string of the molecule is CCCNC(c1ccc(C(F)(F)F)c(F)c1)C(C)(C)C. The molecule has 0 bridgehead atoms. The van der Waals surface area contributed by atoms with Crippen LogP contribution in [0.5, 0.6) is 0 Å². The average Bonchev–Trinajstić information content (AvgIpc) is 2.26. The highest BCUT2D eigenvalue weighted by Crippen LogP contribution is 2.36. The molecule has 1 nitrogen and oxygen atoms in total. The lowest BCUT2D eigenvalue weighted by Crippen LogP contribution is -2.33. The van der Waals surface area contributed by atoms with Gasteiger partial charge in [-0.2, -0.15) is 13.2 Å². The average molecular weight is 291 g/mol.